The van der Waals surface area contributed by atoms with Crippen LogP contribution in [0.2, 0.25) is 0 Å². The number of nitrogens with one attached hydrogen (secondary N) is 2. The van der Waals surface area contributed by atoms with Gasteiger partial charge in [-0.25, -0.2) is 4.79 Å². The van der Waals surface area contributed by atoms with Gasteiger partial charge in [0, 0.05) is 18.3 Å². The van der Waals surface area contributed by atoms with Crippen molar-refractivity contribution in [2.45, 2.75) is 45.1 Å². The molecule has 1 aliphatic rings. The van der Waals surface area contributed by atoms with E-state index >= 15 is 0 Å². The Kier molecular flexibility index (Phi) is 6.89. The Hall–Kier alpha value is -2.06. The molecule has 0 aromatic heterocycles. The van der Waals surface area contributed by atoms with Crippen LogP contribution in [0, 0.1) is 11.3 Å². The Morgan fingerprint density at radius 2 is 2.30 bits per heavy atom. The maximum absolute atomic E-state index is 12.1. The van der Waals surface area contributed by atoms with E-state index in [9.17, 15) is 4.79 Å². The fraction of sp³-hybridized carbons (Fsp3) is 0.556. The quantitative estimate of drug-likeness (QED) is 0.846. The molecule has 2 rings (SSSR count). The molecule has 0 saturated carbocycles. The van der Waals surface area contributed by atoms with Crippen LogP contribution in [0.1, 0.15) is 44.6 Å². The Morgan fingerprint density at radius 3 is 3.09 bits per heavy atom. The van der Waals surface area contributed by atoms with Crippen LogP contribution in [0.15, 0.2) is 24.3 Å². The zero-order valence-electron chi connectivity index (χ0n) is 13.8. The first-order valence-electron chi connectivity index (χ1n) is 8.52. The van der Waals surface area contributed by atoms with Crippen molar-refractivity contribution in [3.63, 3.8) is 0 Å². The SMILES string of the molecule is CCCCN1CCCCC1CNC(=O)Nc1cccc(C#N)c1. The molecule has 1 atom stereocenters. The molecular weight excluding hydrogens is 288 g/mol. The van der Waals surface area contributed by atoms with Crippen molar-refractivity contribution >= 4 is 11.7 Å². The van der Waals surface area contributed by atoms with Crippen LogP contribution in [0.5, 0.6) is 0 Å². The van der Waals surface area contributed by atoms with Gasteiger partial charge in [0.25, 0.3) is 0 Å². The number of hydrogen-bond acceptors (Lipinski definition) is 3. The van der Waals surface area contributed by atoms with E-state index in [0.717, 1.165) is 19.5 Å². The zero-order chi connectivity index (χ0) is 16.5. The summed E-state index contributed by atoms with van der Waals surface area (Å²) in [4.78, 5) is 14.6. The minimum absolute atomic E-state index is 0.207. The Morgan fingerprint density at radius 1 is 1.43 bits per heavy atom. The summed E-state index contributed by atoms with van der Waals surface area (Å²) < 4.78 is 0. The number of rotatable bonds is 6. The van der Waals surface area contributed by atoms with Gasteiger partial charge in [0.05, 0.1) is 11.6 Å². The lowest BCUT2D eigenvalue weighted by molar-refractivity contribution is 0.145. The van der Waals surface area contributed by atoms with E-state index in [-0.39, 0.29) is 6.03 Å². The molecule has 5 nitrogen and oxygen atoms in total. The second-order valence-electron chi connectivity index (χ2n) is 6.07. The van der Waals surface area contributed by atoms with Crippen molar-refractivity contribution < 1.29 is 4.79 Å². The van der Waals surface area contributed by atoms with Gasteiger partial charge in [-0.05, 0) is 50.6 Å². The van der Waals surface area contributed by atoms with Crippen molar-refractivity contribution in [2.24, 2.45) is 0 Å². The third-order valence-corrected chi connectivity index (χ3v) is 4.30. The van der Waals surface area contributed by atoms with Gasteiger partial charge in [-0.1, -0.05) is 25.8 Å². The number of carbonyl (C=O) groups is 1. The van der Waals surface area contributed by atoms with E-state index in [2.05, 4.69) is 28.5 Å². The Balaban J connectivity index is 1.81. The van der Waals surface area contributed by atoms with Crippen LogP contribution in [0.4, 0.5) is 10.5 Å². The van der Waals surface area contributed by atoms with E-state index in [1.807, 2.05) is 0 Å². The normalized spacial score (nSPS) is 18.2. The molecule has 1 fully saturated rings. The first kappa shape index (κ1) is 17.3. The van der Waals surface area contributed by atoms with Crippen LogP contribution in [0.25, 0.3) is 0 Å². The number of anilines is 1. The maximum atomic E-state index is 12.1. The molecule has 1 heterocycles. The molecule has 1 saturated heterocycles. The van der Waals surface area contributed by atoms with Crippen molar-refractivity contribution in [3.8, 4) is 6.07 Å². The highest BCUT2D eigenvalue weighted by atomic mass is 16.2. The molecule has 1 aliphatic heterocycles. The van der Waals surface area contributed by atoms with Gasteiger partial charge >= 0.3 is 6.03 Å². The molecule has 1 unspecified atom stereocenters. The fourth-order valence-electron chi connectivity index (χ4n) is 3.00. The number of piperidine rings is 1. The number of likely N-dealkylation sites (tertiary alicyclic amines) is 1. The molecule has 124 valence electrons. The monoisotopic (exact) mass is 314 g/mol. The second-order valence-corrected chi connectivity index (χ2v) is 6.07. The van der Waals surface area contributed by atoms with Gasteiger partial charge in [0.2, 0.25) is 0 Å². The van der Waals surface area contributed by atoms with Gasteiger partial charge in [0.1, 0.15) is 0 Å². The summed E-state index contributed by atoms with van der Waals surface area (Å²) in [5.41, 5.74) is 1.19. The smallest absolute Gasteiger partial charge is 0.319 e. The zero-order valence-corrected chi connectivity index (χ0v) is 13.8. The average Bonchev–Trinajstić information content (AvgIpc) is 2.59. The van der Waals surface area contributed by atoms with Crippen LogP contribution < -0.4 is 10.6 Å². The summed E-state index contributed by atoms with van der Waals surface area (Å²) in [5, 5.41) is 14.7. The molecule has 2 N–H and O–H groups in total. The maximum Gasteiger partial charge on any atom is 0.319 e. The van der Waals surface area contributed by atoms with Gasteiger partial charge in [0.15, 0.2) is 0 Å². The summed E-state index contributed by atoms with van der Waals surface area (Å²) in [6, 6.07) is 9.25. The fourth-order valence-corrected chi connectivity index (χ4v) is 3.00. The van der Waals surface area contributed by atoms with Crippen molar-refractivity contribution in [3.05, 3.63) is 29.8 Å². The van der Waals surface area contributed by atoms with Crippen LogP contribution in [-0.4, -0.2) is 36.6 Å². The van der Waals surface area contributed by atoms with Crippen molar-refractivity contribution in [1.29, 1.82) is 5.26 Å². The number of benzene rings is 1. The summed E-state index contributed by atoms with van der Waals surface area (Å²) in [5.74, 6) is 0. The van der Waals surface area contributed by atoms with Gasteiger partial charge in [-0.3, -0.25) is 4.90 Å². The van der Waals surface area contributed by atoms with E-state index in [1.54, 1.807) is 24.3 Å². The number of urea groups is 1. The lowest BCUT2D eigenvalue weighted by atomic mass is 10.0. The van der Waals surface area contributed by atoms with Crippen LogP contribution >= 0.6 is 0 Å². The van der Waals surface area contributed by atoms with Crippen LogP contribution in [0.3, 0.4) is 0 Å². The molecule has 23 heavy (non-hydrogen) atoms. The number of unbranched alkanes of at least 4 members (excludes halogenated alkanes) is 1. The predicted molar refractivity (Wildman–Crippen MR) is 92.3 cm³/mol. The van der Waals surface area contributed by atoms with E-state index in [0.29, 0.717) is 23.8 Å². The first-order valence-corrected chi connectivity index (χ1v) is 8.52. The van der Waals surface area contributed by atoms with Gasteiger partial charge in [-0.2, -0.15) is 5.26 Å². The molecule has 0 bridgehead atoms. The predicted octanol–water partition coefficient (Wildman–Crippen LogP) is 3.33. The molecular formula is C18H26N4O. The van der Waals surface area contributed by atoms with Crippen molar-refractivity contribution in [1.82, 2.24) is 10.2 Å². The molecule has 0 spiro atoms. The lowest BCUT2D eigenvalue weighted by Crippen LogP contribution is -2.47. The molecule has 1 aromatic rings. The lowest BCUT2D eigenvalue weighted by Gasteiger charge is -2.35. The molecule has 0 aliphatic carbocycles. The number of nitriles is 1. The summed E-state index contributed by atoms with van der Waals surface area (Å²) >= 11 is 0. The number of amides is 2. The van der Waals surface area contributed by atoms with Crippen molar-refractivity contribution in [2.75, 3.05) is 25.0 Å². The number of carbonyl (C=O) groups excluding carboxylic acids is 1. The summed E-state index contributed by atoms with van der Waals surface area (Å²) in [6.07, 6.45) is 6.05. The van der Waals surface area contributed by atoms with E-state index in [4.69, 9.17) is 5.26 Å². The Bertz CT molecular complexity index is 552. The topological polar surface area (TPSA) is 68.2 Å². The molecule has 0 radical (unpaired) electrons. The summed E-state index contributed by atoms with van der Waals surface area (Å²) in [6.45, 7) is 5.14. The summed E-state index contributed by atoms with van der Waals surface area (Å²) in [7, 11) is 0. The highest BCUT2D eigenvalue weighted by Gasteiger charge is 2.22. The second kappa shape index (κ2) is 9.16. The number of hydrogen-bond donors (Lipinski definition) is 2. The van der Waals surface area contributed by atoms with Gasteiger partial charge in [-0.15, -0.1) is 0 Å². The molecule has 5 heteroatoms. The third kappa shape index (κ3) is 5.57. The van der Waals surface area contributed by atoms with E-state index in [1.165, 1.54) is 25.7 Å². The Labute approximate surface area is 138 Å². The highest BCUT2D eigenvalue weighted by Crippen LogP contribution is 2.17. The number of nitrogens with zero attached hydrogens (tertiary/aromatic N) is 2. The molecule has 1 aromatic carbocycles. The van der Waals surface area contributed by atoms with E-state index < -0.39 is 0 Å². The third-order valence-electron chi connectivity index (χ3n) is 4.30. The van der Waals surface area contributed by atoms with Crippen LogP contribution in [-0.2, 0) is 0 Å². The van der Waals surface area contributed by atoms with Gasteiger partial charge < -0.3 is 10.6 Å². The standard InChI is InChI=1S/C18H26N4O/c1-2-3-10-22-11-5-4-9-17(22)14-20-18(23)21-16-8-6-7-15(12-16)13-19/h6-8,12,17H,2-5,9-11,14H2,1H3,(H2,20,21,23). The highest BCUT2D eigenvalue weighted by molar-refractivity contribution is 5.89. The first-order chi connectivity index (χ1) is 11.2. The largest absolute Gasteiger partial charge is 0.336 e. The minimum atomic E-state index is -0.207. The minimum Gasteiger partial charge on any atom is -0.336 e. The average molecular weight is 314 g/mol. The molecule has 2 amide bonds.